The van der Waals surface area contributed by atoms with Gasteiger partial charge in [0.2, 0.25) is 5.91 Å². The maximum absolute atomic E-state index is 12.9. The van der Waals surface area contributed by atoms with Gasteiger partial charge in [0, 0.05) is 29.8 Å². The Morgan fingerprint density at radius 1 is 0.970 bits per heavy atom. The first-order valence-electron chi connectivity index (χ1n) is 10.9. The van der Waals surface area contributed by atoms with Crippen molar-refractivity contribution in [1.29, 1.82) is 0 Å². The zero-order valence-electron chi connectivity index (χ0n) is 18.0. The van der Waals surface area contributed by atoms with E-state index < -0.39 is 0 Å². The molecule has 0 bridgehead atoms. The monoisotopic (exact) mass is 437 g/mol. The number of carbonyl (C=O) groups is 2. The van der Waals surface area contributed by atoms with E-state index in [1.54, 1.807) is 34.2 Å². The highest BCUT2D eigenvalue weighted by molar-refractivity contribution is 5.96. The van der Waals surface area contributed by atoms with Gasteiger partial charge in [0.05, 0.1) is 18.7 Å². The van der Waals surface area contributed by atoms with Gasteiger partial charge in [0.15, 0.2) is 0 Å². The van der Waals surface area contributed by atoms with Crippen molar-refractivity contribution in [1.82, 2.24) is 14.8 Å². The summed E-state index contributed by atoms with van der Waals surface area (Å²) in [5.41, 5.74) is 3.20. The number of aliphatic hydroxyl groups is 1. The van der Waals surface area contributed by atoms with Crippen LogP contribution in [0.1, 0.15) is 33.1 Å². The average molecular weight is 437 g/mol. The van der Waals surface area contributed by atoms with Gasteiger partial charge < -0.3 is 14.9 Å². The largest absolute Gasteiger partial charge is 0.394 e. The molecule has 2 aromatic carbocycles. The molecule has 6 nitrogen and oxygen atoms in total. The molecule has 5 rings (SSSR count). The highest BCUT2D eigenvalue weighted by Crippen LogP contribution is 2.43. The molecule has 2 amide bonds. The molecule has 1 N–H and O–H groups in total. The van der Waals surface area contributed by atoms with Crippen LogP contribution in [0.2, 0.25) is 0 Å². The molecular formula is C27H23N3O3. The topological polar surface area (TPSA) is 73.7 Å². The Kier molecular flexibility index (Phi) is 5.64. The maximum atomic E-state index is 12.9. The van der Waals surface area contributed by atoms with Crippen LogP contribution in [0.4, 0.5) is 0 Å². The molecule has 3 atom stereocenters. The molecule has 1 aromatic heterocycles. The fraction of sp³-hybridized carbons (Fsp3) is 0.222. The summed E-state index contributed by atoms with van der Waals surface area (Å²) < 4.78 is 0. The molecule has 0 unspecified atom stereocenters. The zero-order valence-corrected chi connectivity index (χ0v) is 18.0. The van der Waals surface area contributed by atoms with E-state index in [4.69, 9.17) is 0 Å². The third-order valence-electron chi connectivity index (χ3n) is 6.34. The molecule has 2 saturated heterocycles. The van der Waals surface area contributed by atoms with Gasteiger partial charge in [-0.3, -0.25) is 14.6 Å². The zero-order chi connectivity index (χ0) is 22.8. The molecule has 0 radical (unpaired) electrons. The van der Waals surface area contributed by atoms with E-state index in [-0.39, 0.29) is 43.0 Å². The minimum atomic E-state index is -0.282. The molecule has 164 valence electrons. The summed E-state index contributed by atoms with van der Waals surface area (Å²) in [5.74, 6) is 5.88. The van der Waals surface area contributed by atoms with Crippen LogP contribution >= 0.6 is 0 Å². The van der Waals surface area contributed by atoms with Crippen molar-refractivity contribution < 1.29 is 14.7 Å². The Balaban J connectivity index is 1.35. The number of piperazine rings is 1. The van der Waals surface area contributed by atoms with E-state index in [2.05, 4.69) is 16.8 Å². The van der Waals surface area contributed by atoms with E-state index in [9.17, 15) is 14.7 Å². The molecule has 3 aromatic rings. The quantitative estimate of drug-likeness (QED) is 0.638. The van der Waals surface area contributed by atoms with Crippen LogP contribution in [-0.2, 0) is 4.79 Å². The Morgan fingerprint density at radius 3 is 2.33 bits per heavy atom. The number of hydrogen-bond acceptors (Lipinski definition) is 4. The van der Waals surface area contributed by atoms with E-state index >= 15 is 0 Å². The van der Waals surface area contributed by atoms with Crippen molar-refractivity contribution in [3.8, 4) is 11.8 Å². The number of fused-ring (bicyclic) bond motifs is 1. The summed E-state index contributed by atoms with van der Waals surface area (Å²) in [5, 5.41) is 9.99. The molecule has 0 spiro atoms. The molecule has 3 heterocycles. The second-order valence-electron chi connectivity index (χ2n) is 8.28. The van der Waals surface area contributed by atoms with E-state index in [1.165, 1.54) is 0 Å². The number of aliphatic hydroxyl groups excluding tert-OH is 1. The number of amides is 2. The van der Waals surface area contributed by atoms with Crippen molar-refractivity contribution in [3.05, 3.63) is 101 Å². The lowest BCUT2D eigenvalue weighted by molar-refractivity contribution is -0.159. The Labute approximate surface area is 192 Å². The number of nitrogens with zero attached hydrogens (tertiary/aromatic N) is 3. The SMILES string of the molecule is O=C(c1ccccn1)N1CC(=O)N2[C@@H](CO)[C@H](c3ccc(C#Cc4ccccc4)cc3)[C@@H]2C1. The number of hydrogen-bond donors (Lipinski definition) is 1. The molecule has 6 heteroatoms. The van der Waals surface area contributed by atoms with Gasteiger partial charge in [0.25, 0.3) is 5.91 Å². The number of rotatable bonds is 3. The van der Waals surface area contributed by atoms with E-state index in [0.717, 1.165) is 16.7 Å². The van der Waals surface area contributed by atoms with Crippen molar-refractivity contribution in [2.75, 3.05) is 19.7 Å². The highest BCUT2D eigenvalue weighted by atomic mass is 16.3. The number of benzene rings is 2. The highest BCUT2D eigenvalue weighted by Gasteiger charge is 2.54. The van der Waals surface area contributed by atoms with Crippen LogP contribution in [0.5, 0.6) is 0 Å². The Hall–Kier alpha value is -3.95. The fourth-order valence-corrected chi connectivity index (χ4v) is 4.76. The second kappa shape index (κ2) is 8.89. The van der Waals surface area contributed by atoms with Crippen molar-refractivity contribution in [3.63, 3.8) is 0 Å². The molecule has 2 fully saturated rings. The molecule has 0 saturated carbocycles. The van der Waals surface area contributed by atoms with Gasteiger partial charge in [-0.05, 0) is 42.0 Å². The molecule has 33 heavy (non-hydrogen) atoms. The van der Waals surface area contributed by atoms with Gasteiger partial charge in [-0.1, -0.05) is 48.2 Å². The van der Waals surface area contributed by atoms with Crippen LogP contribution in [-0.4, -0.2) is 63.5 Å². The van der Waals surface area contributed by atoms with Crippen molar-refractivity contribution >= 4 is 11.8 Å². The Morgan fingerprint density at radius 2 is 1.67 bits per heavy atom. The smallest absolute Gasteiger partial charge is 0.272 e. The second-order valence-corrected chi connectivity index (χ2v) is 8.28. The minimum absolute atomic E-state index is 0.00312. The summed E-state index contributed by atoms with van der Waals surface area (Å²) in [6.45, 7) is 0.303. The third kappa shape index (κ3) is 3.99. The lowest BCUT2D eigenvalue weighted by atomic mass is 9.73. The van der Waals surface area contributed by atoms with Gasteiger partial charge in [0.1, 0.15) is 12.2 Å². The molecule has 2 aliphatic rings. The van der Waals surface area contributed by atoms with Crippen molar-refractivity contribution in [2.45, 2.75) is 18.0 Å². The summed E-state index contributed by atoms with van der Waals surface area (Å²) in [4.78, 5) is 33.1. The Bertz CT molecular complexity index is 1220. The first-order valence-corrected chi connectivity index (χ1v) is 10.9. The van der Waals surface area contributed by atoms with Gasteiger partial charge >= 0.3 is 0 Å². The molecular weight excluding hydrogens is 414 g/mol. The van der Waals surface area contributed by atoms with Crippen LogP contribution in [0.3, 0.4) is 0 Å². The van der Waals surface area contributed by atoms with Crippen molar-refractivity contribution in [2.24, 2.45) is 0 Å². The van der Waals surface area contributed by atoms with Crippen LogP contribution < -0.4 is 0 Å². The van der Waals surface area contributed by atoms with E-state index in [0.29, 0.717) is 12.2 Å². The average Bonchev–Trinajstić information content (AvgIpc) is 2.85. The summed E-state index contributed by atoms with van der Waals surface area (Å²) in [7, 11) is 0. The summed E-state index contributed by atoms with van der Waals surface area (Å²) in [6, 6.07) is 22.5. The minimum Gasteiger partial charge on any atom is -0.394 e. The molecule has 0 aliphatic carbocycles. The van der Waals surface area contributed by atoms with Gasteiger partial charge in [-0.25, -0.2) is 0 Å². The van der Waals surface area contributed by atoms with Crippen LogP contribution in [0.25, 0.3) is 0 Å². The number of pyridine rings is 1. The predicted molar refractivity (Wildman–Crippen MR) is 123 cm³/mol. The first-order chi connectivity index (χ1) is 16.2. The van der Waals surface area contributed by atoms with Crippen LogP contribution in [0, 0.1) is 11.8 Å². The molecule has 2 aliphatic heterocycles. The van der Waals surface area contributed by atoms with Gasteiger partial charge in [-0.15, -0.1) is 0 Å². The first kappa shape index (κ1) is 20.9. The maximum Gasteiger partial charge on any atom is 0.272 e. The normalized spacial score (nSPS) is 21.5. The fourth-order valence-electron chi connectivity index (χ4n) is 4.76. The van der Waals surface area contributed by atoms with Crippen LogP contribution in [0.15, 0.2) is 79.0 Å². The lowest BCUT2D eigenvalue weighted by Crippen LogP contribution is -2.73. The number of aromatic nitrogens is 1. The number of carbonyl (C=O) groups excluding carboxylic acids is 2. The summed E-state index contributed by atoms with van der Waals surface area (Å²) in [6.07, 6.45) is 1.57. The predicted octanol–water partition coefficient (Wildman–Crippen LogP) is 2.29. The standard InChI is InChI=1S/C27H23N3O3/c31-18-24-26(21-13-11-20(12-14-21)10-9-19-6-2-1-3-7-19)23-16-29(17-25(32)30(23)24)27(33)22-8-4-5-15-28-22/h1-8,11-15,23-24,26,31H,16-18H2/t23-,24-,26+/m0/s1. The lowest BCUT2D eigenvalue weighted by Gasteiger charge is -2.58. The third-order valence-corrected chi connectivity index (χ3v) is 6.34. The van der Waals surface area contributed by atoms with Gasteiger partial charge in [-0.2, -0.15) is 0 Å². The summed E-state index contributed by atoms with van der Waals surface area (Å²) >= 11 is 0. The van der Waals surface area contributed by atoms with E-state index in [1.807, 2.05) is 54.6 Å².